The van der Waals surface area contributed by atoms with E-state index in [0.717, 1.165) is 47.3 Å². The van der Waals surface area contributed by atoms with Crippen LogP contribution in [0.25, 0.3) is 15.9 Å². The van der Waals surface area contributed by atoms with Crippen molar-refractivity contribution in [3.8, 4) is 5.69 Å². The normalized spacial score (nSPS) is 16.3. The zero-order chi connectivity index (χ0) is 21.5. The molecule has 2 heterocycles. The molecular weight excluding hydrogens is 392 g/mol. The molecule has 0 aliphatic heterocycles. The summed E-state index contributed by atoms with van der Waals surface area (Å²) in [5.74, 6) is 1.11. The summed E-state index contributed by atoms with van der Waals surface area (Å²) in [5.41, 5.74) is 9.29. The van der Waals surface area contributed by atoms with Gasteiger partial charge < -0.3 is 5.43 Å². The van der Waals surface area contributed by atoms with Crippen molar-refractivity contribution in [3.63, 3.8) is 0 Å². The molecule has 0 spiro atoms. The second-order valence-electron chi connectivity index (χ2n) is 9.11. The van der Waals surface area contributed by atoms with Crippen molar-refractivity contribution in [2.24, 2.45) is 11.3 Å². The lowest BCUT2D eigenvalue weighted by atomic mass is 9.72. The molecule has 0 radical (unpaired) electrons. The number of nitrogens with one attached hydrogen (secondary N) is 2. The molecule has 30 heavy (non-hydrogen) atoms. The smallest absolute Gasteiger partial charge is 0.268 e. The summed E-state index contributed by atoms with van der Waals surface area (Å²) >= 11 is 1.68. The summed E-state index contributed by atoms with van der Waals surface area (Å²) in [6.45, 7) is 12.9. The highest BCUT2D eigenvalue weighted by atomic mass is 32.1. The van der Waals surface area contributed by atoms with E-state index in [1.807, 2.05) is 37.3 Å². The molecule has 0 amide bonds. The summed E-state index contributed by atoms with van der Waals surface area (Å²) in [4.78, 5) is 20.7. The van der Waals surface area contributed by atoms with Gasteiger partial charge in [-0.1, -0.05) is 52.5 Å². The molecule has 1 atom stereocenters. The molecule has 0 saturated carbocycles. The Kier molecular flexibility index (Phi) is 5.45. The molecule has 158 valence electrons. The van der Waals surface area contributed by atoms with Gasteiger partial charge in [-0.3, -0.25) is 10.2 Å². The lowest BCUT2D eigenvalue weighted by molar-refractivity contribution is 0.218. The van der Waals surface area contributed by atoms with Crippen LogP contribution in [0.15, 0.2) is 47.4 Å². The lowest BCUT2D eigenvalue weighted by Gasteiger charge is -2.33. The second-order valence-corrected chi connectivity index (χ2v) is 10.2. The van der Waals surface area contributed by atoms with Crippen LogP contribution in [0.3, 0.4) is 0 Å². The summed E-state index contributed by atoms with van der Waals surface area (Å²) < 4.78 is 1.67. The number of hydrazine groups is 1. The zero-order valence-corrected chi connectivity index (χ0v) is 19.0. The van der Waals surface area contributed by atoms with Crippen LogP contribution < -0.4 is 16.4 Å². The van der Waals surface area contributed by atoms with Gasteiger partial charge in [0.25, 0.3) is 5.56 Å². The first-order chi connectivity index (χ1) is 14.3. The molecule has 0 fully saturated rings. The number of allylic oxidation sites excluding steroid dienone is 1. The Balaban J connectivity index is 1.87. The van der Waals surface area contributed by atoms with Gasteiger partial charge in [-0.25, -0.2) is 9.55 Å². The Labute approximate surface area is 181 Å². The molecule has 1 aliphatic rings. The van der Waals surface area contributed by atoms with E-state index in [0.29, 0.717) is 11.9 Å². The number of fused-ring (bicyclic) bond motifs is 3. The van der Waals surface area contributed by atoms with Gasteiger partial charge in [0.1, 0.15) is 4.83 Å². The lowest BCUT2D eigenvalue weighted by Crippen LogP contribution is -2.30. The number of benzene rings is 1. The fourth-order valence-electron chi connectivity index (χ4n) is 4.10. The predicted molar refractivity (Wildman–Crippen MR) is 126 cm³/mol. The molecule has 0 unspecified atom stereocenters. The van der Waals surface area contributed by atoms with Crippen molar-refractivity contribution < 1.29 is 0 Å². The molecule has 0 bridgehead atoms. The van der Waals surface area contributed by atoms with Crippen LogP contribution in [0, 0.1) is 11.3 Å². The molecule has 4 rings (SSSR count). The number of rotatable bonds is 5. The van der Waals surface area contributed by atoms with Gasteiger partial charge in [-0.05, 0) is 54.7 Å². The first-order valence-electron chi connectivity index (χ1n) is 10.6. The number of aryl methyl sites for hydroxylation is 1. The molecular formula is C24H30N4OS. The number of nitrogens with zero attached hydrogens (tertiary/aromatic N) is 2. The number of hydrogen-bond donors (Lipinski definition) is 2. The van der Waals surface area contributed by atoms with E-state index in [2.05, 4.69) is 38.2 Å². The Hall–Kier alpha value is -2.60. The monoisotopic (exact) mass is 422 g/mol. The van der Waals surface area contributed by atoms with Gasteiger partial charge in [-0.2, -0.15) is 0 Å². The van der Waals surface area contributed by atoms with Crippen LogP contribution in [0.1, 0.15) is 51.0 Å². The number of aromatic nitrogens is 2. The standard InChI is InChI=1S/C24H30N4OS/c1-6-15(2)26-27-23-25-21-20(22(29)28(23)17-10-8-7-9-11-17)18-13-12-16(24(3,4)5)14-19(18)30-21/h7-11,16,26H,2,6,12-14H2,1,3-5H3,(H,25,27)/t16-/m0/s1. The highest BCUT2D eigenvalue weighted by molar-refractivity contribution is 7.18. The average molecular weight is 423 g/mol. The van der Waals surface area contributed by atoms with Crippen LogP contribution in [-0.4, -0.2) is 9.55 Å². The maximum atomic E-state index is 13.7. The third kappa shape index (κ3) is 3.76. The predicted octanol–water partition coefficient (Wildman–Crippen LogP) is 5.44. The first-order valence-corrected chi connectivity index (χ1v) is 11.4. The van der Waals surface area contributed by atoms with Crippen molar-refractivity contribution in [1.29, 1.82) is 0 Å². The van der Waals surface area contributed by atoms with Crippen molar-refractivity contribution in [2.75, 3.05) is 5.43 Å². The summed E-state index contributed by atoms with van der Waals surface area (Å²) in [6.07, 6.45) is 3.87. The van der Waals surface area contributed by atoms with Gasteiger partial charge in [0.05, 0.1) is 11.1 Å². The van der Waals surface area contributed by atoms with Crippen LogP contribution >= 0.6 is 11.3 Å². The van der Waals surface area contributed by atoms with E-state index in [1.54, 1.807) is 15.9 Å². The van der Waals surface area contributed by atoms with Crippen molar-refractivity contribution >= 4 is 27.5 Å². The van der Waals surface area contributed by atoms with Crippen molar-refractivity contribution in [1.82, 2.24) is 15.0 Å². The molecule has 2 aromatic heterocycles. The first kappa shape index (κ1) is 20.7. The fraction of sp³-hybridized carbons (Fsp3) is 0.417. The van der Waals surface area contributed by atoms with Gasteiger partial charge >= 0.3 is 0 Å². The highest BCUT2D eigenvalue weighted by Gasteiger charge is 2.32. The van der Waals surface area contributed by atoms with E-state index in [1.165, 1.54) is 10.4 Å². The quantitative estimate of drug-likeness (QED) is 0.538. The van der Waals surface area contributed by atoms with Crippen LogP contribution in [0.5, 0.6) is 0 Å². The Morgan fingerprint density at radius 1 is 1.30 bits per heavy atom. The minimum atomic E-state index is -0.00989. The molecule has 3 aromatic rings. The molecule has 6 heteroatoms. The second kappa shape index (κ2) is 7.91. The maximum absolute atomic E-state index is 13.7. The minimum Gasteiger partial charge on any atom is -0.303 e. The van der Waals surface area contributed by atoms with E-state index >= 15 is 0 Å². The molecule has 0 saturated heterocycles. The summed E-state index contributed by atoms with van der Waals surface area (Å²) in [7, 11) is 0. The SMILES string of the molecule is C=C(CC)NNc1nc2sc3c(c2c(=O)n1-c1ccccc1)CC[C@H](C(C)(C)C)C3. The zero-order valence-electron chi connectivity index (χ0n) is 18.2. The number of para-hydroxylation sites is 1. The number of anilines is 1. The van der Waals surface area contributed by atoms with E-state index < -0.39 is 0 Å². The maximum Gasteiger partial charge on any atom is 0.268 e. The van der Waals surface area contributed by atoms with Crippen LogP contribution in [-0.2, 0) is 12.8 Å². The van der Waals surface area contributed by atoms with E-state index in [4.69, 9.17) is 4.98 Å². The van der Waals surface area contributed by atoms with E-state index in [-0.39, 0.29) is 11.0 Å². The molecule has 5 nitrogen and oxygen atoms in total. The van der Waals surface area contributed by atoms with Crippen LogP contribution in [0.4, 0.5) is 5.95 Å². The third-order valence-electron chi connectivity index (χ3n) is 6.10. The average Bonchev–Trinajstić information content (AvgIpc) is 3.09. The summed E-state index contributed by atoms with van der Waals surface area (Å²) in [5, 5.41) is 0.783. The van der Waals surface area contributed by atoms with Gasteiger partial charge in [0.2, 0.25) is 5.95 Å². The van der Waals surface area contributed by atoms with Crippen molar-refractivity contribution in [2.45, 2.75) is 53.4 Å². The minimum absolute atomic E-state index is 0.00989. The van der Waals surface area contributed by atoms with E-state index in [9.17, 15) is 4.79 Å². The molecule has 1 aromatic carbocycles. The Morgan fingerprint density at radius 2 is 2.03 bits per heavy atom. The highest BCUT2D eigenvalue weighted by Crippen LogP contribution is 2.42. The topological polar surface area (TPSA) is 59.0 Å². The number of hydrogen-bond acceptors (Lipinski definition) is 5. The number of thiophene rings is 1. The van der Waals surface area contributed by atoms with Crippen LogP contribution in [0.2, 0.25) is 0 Å². The Bertz CT molecular complexity index is 1140. The largest absolute Gasteiger partial charge is 0.303 e. The summed E-state index contributed by atoms with van der Waals surface area (Å²) in [6, 6.07) is 9.69. The molecule has 2 N–H and O–H groups in total. The van der Waals surface area contributed by atoms with Gasteiger partial charge in [0, 0.05) is 10.6 Å². The Morgan fingerprint density at radius 3 is 2.70 bits per heavy atom. The fourth-order valence-corrected chi connectivity index (χ4v) is 5.39. The molecule has 1 aliphatic carbocycles. The van der Waals surface area contributed by atoms with Crippen molar-refractivity contribution in [3.05, 3.63) is 63.4 Å². The third-order valence-corrected chi connectivity index (χ3v) is 7.25. The van der Waals surface area contributed by atoms with Gasteiger partial charge in [-0.15, -0.1) is 11.3 Å². The van der Waals surface area contributed by atoms with Gasteiger partial charge in [0.15, 0.2) is 0 Å².